The lowest BCUT2D eigenvalue weighted by Crippen LogP contribution is -1.92. The normalized spacial score (nSPS) is 10.4. The molecule has 0 saturated heterocycles. The van der Waals surface area contributed by atoms with Crippen LogP contribution in [0.15, 0.2) is 72.8 Å². The maximum atomic E-state index is 14.2. The van der Waals surface area contributed by atoms with Gasteiger partial charge in [0.1, 0.15) is 5.75 Å². The van der Waals surface area contributed by atoms with Crippen molar-refractivity contribution in [2.45, 2.75) is 0 Å². The molecule has 0 unspecified atom stereocenters. The molecule has 0 heterocycles. The van der Waals surface area contributed by atoms with E-state index in [-0.39, 0.29) is 5.75 Å². The second-order valence-corrected chi connectivity index (χ2v) is 4.92. The van der Waals surface area contributed by atoms with Gasteiger partial charge in [-0.3, -0.25) is 0 Å². The Balaban J connectivity index is 2.10. The van der Waals surface area contributed by atoms with E-state index in [2.05, 4.69) is 0 Å². The van der Waals surface area contributed by atoms with Gasteiger partial charge in [0.25, 0.3) is 0 Å². The molecule has 3 aromatic carbocycles. The molecular weight excluding hydrogens is 287 g/mol. The van der Waals surface area contributed by atoms with E-state index < -0.39 is 5.82 Å². The summed E-state index contributed by atoms with van der Waals surface area (Å²) >= 11 is 6.21. The van der Waals surface area contributed by atoms with Gasteiger partial charge in [-0.25, -0.2) is 4.39 Å². The smallest absolute Gasteiger partial charge is 0.170 e. The molecule has 0 aromatic heterocycles. The van der Waals surface area contributed by atoms with Crippen LogP contribution in [-0.4, -0.2) is 0 Å². The van der Waals surface area contributed by atoms with Gasteiger partial charge in [0.05, 0.1) is 0 Å². The number of para-hydroxylation sites is 2. The fraction of sp³-hybridized carbons (Fsp3) is 0. The summed E-state index contributed by atoms with van der Waals surface area (Å²) < 4.78 is 19.9. The highest BCUT2D eigenvalue weighted by atomic mass is 35.5. The Kier molecular flexibility index (Phi) is 3.89. The zero-order valence-corrected chi connectivity index (χ0v) is 11.8. The van der Waals surface area contributed by atoms with Gasteiger partial charge < -0.3 is 4.74 Å². The average Bonchev–Trinajstić information content (AvgIpc) is 2.51. The first-order chi connectivity index (χ1) is 10.3. The molecule has 0 atom stereocenters. The van der Waals surface area contributed by atoms with E-state index in [1.54, 1.807) is 30.3 Å². The number of benzene rings is 3. The fourth-order valence-electron chi connectivity index (χ4n) is 2.11. The average molecular weight is 299 g/mol. The van der Waals surface area contributed by atoms with Crippen LogP contribution in [0.1, 0.15) is 0 Å². The molecule has 0 amide bonds. The molecule has 0 saturated carbocycles. The zero-order valence-electron chi connectivity index (χ0n) is 11.1. The van der Waals surface area contributed by atoms with Crippen LogP contribution in [-0.2, 0) is 0 Å². The van der Waals surface area contributed by atoms with Crippen LogP contribution in [0.4, 0.5) is 4.39 Å². The van der Waals surface area contributed by atoms with Crippen molar-refractivity contribution in [3.63, 3.8) is 0 Å². The summed E-state index contributed by atoms with van der Waals surface area (Å²) in [6.45, 7) is 0. The van der Waals surface area contributed by atoms with Crippen LogP contribution >= 0.6 is 11.6 Å². The van der Waals surface area contributed by atoms with Gasteiger partial charge in [-0.05, 0) is 24.3 Å². The van der Waals surface area contributed by atoms with E-state index in [4.69, 9.17) is 16.3 Å². The lowest BCUT2D eigenvalue weighted by atomic mass is 10.0. The van der Waals surface area contributed by atoms with Gasteiger partial charge in [0.15, 0.2) is 11.6 Å². The summed E-state index contributed by atoms with van der Waals surface area (Å²) in [6, 6.07) is 21.2. The van der Waals surface area contributed by atoms with Crippen molar-refractivity contribution < 1.29 is 9.13 Å². The van der Waals surface area contributed by atoms with E-state index in [1.807, 2.05) is 36.4 Å². The summed E-state index contributed by atoms with van der Waals surface area (Å²) in [5.74, 6) is 0.337. The minimum Gasteiger partial charge on any atom is -0.454 e. The van der Waals surface area contributed by atoms with Gasteiger partial charge in [0.2, 0.25) is 0 Å². The number of hydrogen-bond acceptors (Lipinski definition) is 1. The third-order valence-corrected chi connectivity index (χ3v) is 3.42. The molecule has 3 rings (SSSR count). The molecule has 0 aliphatic rings. The molecule has 0 aliphatic carbocycles. The summed E-state index contributed by atoms with van der Waals surface area (Å²) in [5.41, 5.74) is 1.37. The Morgan fingerprint density at radius 3 is 2.14 bits per heavy atom. The van der Waals surface area contributed by atoms with E-state index in [0.717, 1.165) is 5.56 Å². The number of hydrogen-bond donors (Lipinski definition) is 0. The molecule has 0 radical (unpaired) electrons. The number of rotatable bonds is 3. The number of ether oxygens (including phenoxy) is 1. The maximum Gasteiger partial charge on any atom is 0.170 e. The van der Waals surface area contributed by atoms with Crippen molar-refractivity contribution in [3.05, 3.63) is 83.6 Å². The third kappa shape index (κ3) is 2.91. The minimum absolute atomic E-state index is 0.178. The Morgan fingerprint density at radius 1 is 0.714 bits per heavy atom. The molecule has 0 spiro atoms. The molecule has 0 N–H and O–H groups in total. The predicted molar refractivity (Wildman–Crippen MR) is 83.4 cm³/mol. The number of halogens is 2. The van der Waals surface area contributed by atoms with Gasteiger partial charge in [-0.1, -0.05) is 60.1 Å². The summed E-state index contributed by atoms with van der Waals surface area (Å²) in [6.07, 6.45) is 0. The predicted octanol–water partition coefficient (Wildman–Crippen LogP) is 5.94. The summed E-state index contributed by atoms with van der Waals surface area (Å²) in [5, 5.41) is 0.556. The first-order valence-electron chi connectivity index (χ1n) is 6.52. The van der Waals surface area contributed by atoms with Crippen LogP contribution in [0.3, 0.4) is 0 Å². The third-order valence-electron chi connectivity index (χ3n) is 3.09. The molecular formula is C18H12ClFO. The molecule has 0 aliphatic heterocycles. The molecule has 3 aromatic rings. The highest BCUT2D eigenvalue weighted by Crippen LogP contribution is 2.38. The van der Waals surface area contributed by atoms with E-state index >= 15 is 0 Å². The van der Waals surface area contributed by atoms with Crippen molar-refractivity contribution in [2.24, 2.45) is 0 Å². The van der Waals surface area contributed by atoms with Crippen molar-refractivity contribution in [1.82, 2.24) is 0 Å². The van der Waals surface area contributed by atoms with Gasteiger partial charge >= 0.3 is 0 Å². The van der Waals surface area contributed by atoms with Crippen molar-refractivity contribution >= 4 is 11.6 Å². The van der Waals surface area contributed by atoms with Crippen LogP contribution in [0.2, 0.25) is 5.02 Å². The van der Waals surface area contributed by atoms with Crippen molar-refractivity contribution in [2.75, 3.05) is 0 Å². The summed E-state index contributed by atoms with van der Waals surface area (Å²) in [4.78, 5) is 0. The molecule has 0 bridgehead atoms. The van der Waals surface area contributed by atoms with Gasteiger partial charge in [0, 0.05) is 16.1 Å². The fourth-order valence-corrected chi connectivity index (χ4v) is 2.35. The van der Waals surface area contributed by atoms with Crippen molar-refractivity contribution in [1.29, 1.82) is 0 Å². The first kappa shape index (κ1) is 13.7. The largest absolute Gasteiger partial charge is 0.454 e. The van der Waals surface area contributed by atoms with Crippen LogP contribution < -0.4 is 4.74 Å². The van der Waals surface area contributed by atoms with Gasteiger partial charge in [-0.2, -0.15) is 0 Å². The molecule has 21 heavy (non-hydrogen) atoms. The Bertz CT molecular complexity index is 756. The molecule has 3 heteroatoms. The SMILES string of the molecule is Fc1cccc(-c2ccccc2Cl)c1Oc1ccccc1. The lowest BCUT2D eigenvalue weighted by molar-refractivity contribution is 0.444. The van der Waals surface area contributed by atoms with Crippen LogP contribution in [0, 0.1) is 5.82 Å². The second-order valence-electron chi connectivity index (χ2n) is 4.51. The molecule has 1 nitrogen and oxygen atoms in total. The quantitative estimate of drug-likeness (QED) is 0.581. The van der Waals surface area contributed by atoms with Crippen LogP contribution in [0.25, 0.3) is 11.1 Å². The standard InChI is InChI=1S/C18H12ClFO/c19-16-11-5-4-9-14(16)15-10-6-12-17(20)18(15)21-13-7-2-1-3-8-13/h1-12H. The minimum atomic E-state index is -0.420. The second kappa shape index (κ2) is 5.98. The highest BCUT2D eigenvalue weighted by molar-refractivity contribution is 6.33. The topological polar surface area (TPSA) is 9.23 Å². The first-order valence-corrected chi connectivity index (χ1v) is 6.90. The monoisotopic (exact) mass is 298 g/mol. The molecule has 104 valence electrons. The lowest BCUT2D eigenvalue weighted by Gasteiger charge is -2.13. The molecule has 0 fully saturated rings. The maximum absolute atomic E-state index is 14.2. The Hall–Kier alpha value is -2.32. The summed E-state index contributed by atoms with van der Waals surface area (Å²) in [7, 11) is 0. The van der Waals surface area contributed by atoms with Gasteiger partial charge in [-0.15, -0.1) is 0 Å². The van der Waals surface area contributed by atoms with Crippen LogP contribution in [0.5, 0.6) is 11.5 Å². The zero-order chi connectivity index (χ0) is 14.7. The Labute approximate surface area is 127 Å². The van der Waals surface area contributed by atoms with E-state index in [0.29, 0.717) is 16.3 Å². The van der Waals surface area contributed by atoms with Crippen molar-refractivity contribution in [3.8, 4) is 22.6 Å². The highest BCUT2D eigenvalue weighted by Gasteiger charge is 2.14. The van der Waals surface area contributed by atoms with E-state index in [9.17, 15) is 4.39 Å². The van der Waals surface area contributed by atoms with E-state index in [1.165, 1.54) is 6.07 Å². The Morgan fingerprint density at radius 2 is 1.38 bits per heavy atom.